The molecule has 2 aromatic carbocycles. The molecule has 3 atom stereocenters. The summed E-state index contributed by atoms with van der Waals surface area (Å²) in [5.74, 6) is -3.04. The Hall–Kier alpha value is -5.05. The molecular weight excluding hydrogens is 770 g/mol. The standard InChI is InChI=1S/C37H31ClF6N8O2S/c1-2-4-23(20-11-17(38)14-48-32(20)46)52-9-10-53-30-26-29(49-35(50-34(26)52)54-16-36-7-3-8-51(36)15-18(39)12-36)28(41)25(27(30)37(42,43)44)19-5-6-22(40)31-24(19)21(13-45)33(47)55-31/h2,5-6,11,14,18,23H,1,3-4,7-10,12,15-16,47H2,(H2,46,48)/p+1/t18-,23-,36+/m1/s1. The van der Waals surface area contributed by atoms with E-state index >= 15 is 22.0 Å². The first-order chi connectivity index (χ1) is 26.3. The first-order valence-corrected chi connectivity index (χ1v) is 18.5. The van der Waals surface area contributed by atoms with E-state index in [4.69, 9.17) is 32.5 Å². The Labute approximate surface area is 318 Å². The Bertz CT molecular complexity index is 2440. The van der Waals surface area contributed by atoms with Crippen LogP contribution in [-0.2, 0) is 6.18 Å². The van der Waals surface area contributed by atoms with Gasteiger partial charge in [-0.1, -0.05) is 23.7 Å². The second kappa shape index (κ2) is 13.6. The van der Waals surface area contributed by atoms with E-state index in [0.717, 1.165) is 18.6 Å². The molecule has 0 saturated carbocycles. The fourth-order valence-corrected chi connectivity index (χ4v) is 9.49. The van der Waals surface area contributed by atoms with E-state index < -0.39 is 68.9 Å². The van der Waals surface area contributed by atoms with E-state index in [1.165, 1.54) is 6.20 Å². The highest BCUT2D eigenvalue weighted by molar-refractivity contribution is 7.23. The molecule has 3 aromatic heterocycles. The van der Waals surface area contributed by atoms with Gasteiger partial charge in [0.15, 0.2) is 5.82 Å². The number of aromatic amines is 1. The Balaban J connectivity index is 1.43. The molecule has 18 heteroatoms. The second-order valence-corrected chi connectivity index (χ2v) is 15.3. The fraction of sp³-hybridized carbons (Fsp3) is 0.351. The minimum atomic E-state index is -5.26. The third-order valence-corrected chi connectivity index (χ3v) is 11.9. The fourth-order valence-electron chi connectivity index (χ4n) is 8.37. The number of nitrogens with zero attached hydrogens (tertiary/aromatic N) is 5. The van der Waals surface area contributed by atoms with Crippen molar-refractivity contribution in [3.8, 4) is 29.0 Å². The Morgan fingerprint density at radius 3 is 2.78 bits per heavy atom. The molecule has 55 heavy (non-hydrogen) atoms. The van der Waals surface area contributed by atoms with Gasteiger partial charge in [0.2, 0.25) is 0 Å². The number of ether oxygens (including phenoxy) is 2. The highest BCUT2D eigenvalue weighted by atomic mass is 35.5. The van der Waals surface area contributed by atoms with E-state index in [-0.39, 0.29) is 82.5 Å². The summed E-state index contributed by atoms with van der Waals surface area (Å²) in [6.45, 7) is 4.25. The van der Waals surface area contributed by atoms with Crippen molar-refractivity contribution in [3.05, 3.63) is 70.4 Å². The molecular formula is C37H32ClF6N8O2S+. The van der Waals surface area contributed by atoms with Gasteiger partial charge in [0.1, 0.15) is 65.1 Å². The van der Waals surface area contributed by atoms with Crippen molar-refractivity contribution < 1.29 is 40.8 Å². The van der Waals surface area contributed by atoms with Crippen LogP contribution < -0.4 is 30.8 Å². The van der Waals surface area contributed by atoms with Gasteiger partial charge < -0.3 is 20.1 Å². The van der Waals surface area contributed by atoms with Crippen LogP contribution in [0.5, 0.6) is 11.8 Å². The normalized spacial score (nSPS) is 20.3. The van der Waals surface area contributed by atoms with E-state index in [1.807, 2.05) is 11.0 Å². The van der Waals surface area contributed by atoms with Gasteiger partial charge in [0.25, 0.3) is 5.82 Å². The van der Waals surface area contributed by atoms with Gasteiger partial charge in [0.05, 0.1) is 44.4 Å². The molecule has 8 rings (SSSR count). The van der Waals surface area contributed by atoms with Gasteiger partial charge in [0, 0.05) is 23.9 Å². The molecule has 2 fully saturated rings. The first kappa shape index (κ1) is 36.9. The lowest BCUT2D eigenvalue weighted by atomic mass is 9.91. The Morgan fingerprint density at radius 1 is 1.24 bits per heavy atom. The smallest absolute Gasteiger partial charge is 0.420 e. The number of nitrogens with one attached hydrogen (secondary N) is 1. The quantitative estimate of drug-likeness (QED) is 0.119. The van der Waals surface area contributed by atoms with Crippen molar-refractivity contribution >= 4 is 60.6 Å². The van der Waals surface area contributed by atoms with Crippen molar-refractivity contribution in [2.45, 2.75) is 49.6 Å². The maximum atomic E-state index is 17.5. The van der Waals surface area contributed by atoms with Gasteiger partial charge in [-0.3, -0.25) is 10.6 Å². The summed E-state index contributed by atoms with van der Waals surface area (Å²) >= 11 is 7.02. The lowest BCUT2D eigenvalue weighted by Crippen LogP contribution is -2.43. The zero-order valence-corrected chi connectivity index (χ0v) is 30.4. The molecule has 5 N–H and O–H groups in total. The molecule has 10 nitrogen and oxygen atoms in total. The van der Waals surface area contributed by atoms with Gasteiger partial charge in [-0.15, -0.1) is 17.9 Å². The number of hydrogen-bond acceptors (Lipinski definition) is 10. The lowest BCUT2D eigenvalue weighted by molar-refractivity contribution is -0.361. The van der Waals surface area contributed by atoms with Gasteiger partial charge >= 0.3 is 12.2 Å². The average molecular weight is 802 g/mol. The van der Waals surface area contributed by atoms with E-state index in [1.54, 1.807) is 17.0 Å². The lowest BCUT2D eigenvalue weighted by Gasteiger charge is -2.32. The highest BCUT2D eigenvalue weighted by Crippen LogP contribution is 2.54. The Morgan fingerprint density at radius 2 is 2.04 bits per heavy atom. The summed E-state index contributed by atoms with van der Waals surface area (Å²) in [6.07, 6.45) is -1.49. The van der Waals surface area contributed by atoms with Crippen molar-refractivity contribution in [1.82, 2.24) is 14.9 Å². The van der Waals surface area contributed by atoms with Gasteiger partial charge in [-0.05, 0) is 43.5 Å². The molecule has 0 bridgehead atoms. The largest absolute Gasteiger partial charge is 0.490 e. The molecule has 0 amide bonds. The predicted molar refractivity (Wildman–Crippen MR) is 196 cm³/mol. The number of aromatic nitrogens is 3. The Kier molecular flexibility index (Phi) is 9.13. The summed E-state index contributed by atoms with van der Waals surface area (Å²) in [4.78, 5) is 15.5. The van der Waals surface area contributed by atoms with Crippen LogP contribution >= 0.6 is 22.9 Å². The van der Waals surface area contributed by atoms with E-state index in [9.17, 15) is 9.65 Å². The maximum Gasteiger partial charge on any atom is 0.420 e. The monoisotopic (exact) mass is 801 g/mol. The number of nitrogens with two attached hydrogens (primary N) is 2. The number of halogens is 7. The first-order valence-electron chi connectivity index (χ1n) is 17.3. The number of hydrogen-bond donors (Lipinski definition) is 2. The molecule has 3 aliphatic heterocycles. The third kappa shape index (κ3) is 6.01. The SMILES string of the molecule is C=CC[C@H](c1cc(Cl)c[nH+]c1N)N1CCOc2c(C(F)(F)F)c(-c3ccc(F)c4sc(N)c(C#N)c34)c(F)c3nc(OC[C@@]45CCCN4C[C@H](F)C5)nc1c23. The number of H-pyrrole nitrogens is 1. The summed E-state index contributed by atoms with van der Waals surface area (Å²) in [5, 5.41) is 9.39. The minimum Gasteiger partial charge on any atom is -0.490 e. The molecule has 2 saturated heterocycles. The van der Waals surface area contributed by atoms with Crippen LogP contribution in [-0.4, -0.2) is 59.4 Å². The number of nitriles is 1. The molecule has 3 aliphatic rings. The van der Waals surface area contributed by atoms with Crippen LogP contribution in [0, 0.1) is 23.0 Å². The van der Waals surface area contributed by atoms with Gasteiger partial charge in [-0.2, -0.15) is 28.4 Å². The third-order valence-electron chi connectivity index (χ3n) is 10.7. The topological polar surface area (TPSA) is 141 Å². The van der Waals surface area contributed by atoms with Crippen molar-refractivity contribution in [3.63, 3.8) is 0 Å². The molecule has 6 heterocycles. The second-order valence-electron chi connectivity index (χ2n) is 13.8. The van der Waals surface area contributed by atoms with Crippen LogP contribution in [0.2, 0.25) is 5.02 Å². The molecule has 0 unspecified atom stereocenters. The summed E-state index contributed by atoms with van der Waals surface area (Å²) in [5.41, 5.74) is 8.28. The van der Waals surface area contributed by atoms with Crippen molar-refractivity contribution in [1.29, 1.82) is 5.26 Å². The van der Waals surface area contributed by atoms with Crippen molar-refractivity contribution in [2.75, 3.05) is 49.2 Å². The maximum absolute atomic E-state index is 17.5. The van der Waals surface area contributed by atoms with Crippen LogP contribution in [0.25, 0.3) is 32.1 Å². The van der Waals surface area contributed by atoms with Gasteiger partial charge in [-0.25, -0.2) is 18.2 Å². The van der Waals surface area contributed by atoms with E-state index in [0.29, 0.717) is 29.9 Å². The number of pyridine rings is 1. The number of alkyl halides is 4. The van der Waals surface area contributed by atoms with Crippen LogP contribution in [0.4, 0.5) is 43.0 Å². The molecule has 286 valence electrons. The number of rotatable bonds is 8. The van der Waals surface area contributed by atoms with Crippen LogP contribution in [0.3, 0.4) is 0 Å². The zero-order chi connectivity index (χ0) is 39.0. The highest BCUT2D eigenvalue weighted by Gasteiger charge is 2.50. The average Bonchev–Trinajstić information content (AvgIpc) is 3.74. The number of benzene rings is 2. The predicted octanol–water partition coefficient (Wildman–Crippen LogP) is 7.78. The number of thiophene rings is 1. The summed E-state index contributed by atoms with van der Waals surface area (Å²) in [7, 11) is 0. The van der Waals surface area contributed by atoms with Crippen LogP contribution in [0.15, 0.2) is 37.1 Å². The van der Waals surface area contributed by atoms with Crippen LogP contribution in [0.1, 0.15) is 48.4 Å². The minimum absolute atomic E-state index is 0.0680. The zero-order valence-electron chi connectivity index (χ0n) is 28.9. The molecule has 0 aliphatic carbocycles. The number of anilines is 3. The number of fused-ring (bicyclic) bond motifs is 2. The molecule has 0 radical (unpaired) electrons. The summed E-state index contributed by atoms with van der Waals surface area (Å²) in [6, 6.07) is 4.14. The number of nitrogen functional groups attached to an aromatic ring is 2. The molecule has 0 spiro atoms. The van der Waals surface area contributed by atoms with Crippen molar-refractivity contribution in [2.24, 2.45) is 0 Å². The summed E-state index contributed by atoms with van der Waals surface area (Å²) < 4.78 is 106. The van der Waals surface area contributed by atoms with E-state index in [2.05, 4.69) is 21.5 Å². The molecule has 5 aromatic rings.